The molecule has 0 aromatic heterocycles. The van der Waals surface area contributed by atoms with Crippen molar-refractivity contribution in [3.8, 4) is 0 Å². The van der Waals surface area contributed by atoms with Crippen LogP contribution in [0.4, 0.5) is 0 Å². The molecule has 0 aromatic rings. The van der Waals surface area contributed by atoms with E-state index in [9.17, 15) is 0 Å². The van der Waals surface area contributed by atoms with Gasteiger partial charge < -0.3 is 5.11 Å². The Hall–Kier alpha value is -0.300. The third-order valence-corrected chi connectivity index (χ3v) is 1.65. The maximum absolute atomic E-state index is 8.90. The molecule has 0 aliphatic carbocycles. The second kappa shape index (κ2) is 6.41. The number of aliphatic hydroxyl groups excluding tert-OH is 1. The Morgan fingerprint density at radius 2 is 2.09 bits per heavy atom. The first-order valence-electron chi connectivity index (χ1n) is 4.49. The Kier molecular flexibility index (Phi) is 6.24. The van der Waals surface area contributed by atoms with Crippen LogP contribution in [0.2, 0.25) is 0 Å². The highest BCUT2D eigenvalue weighted by Crippen LogP contribution is 2.08. The standard InChI is InChI=1S/C10H20O/c1-4-5-10(8-11)7-6-9(2)3/h7,9,11H,4-6,8H2,1-3H3. The van der Waals surface area contributed by atoms with Crippen molar-refractivity contribution in [2.24, 2.45) is 5.92 Å². The van der Waals surface area contributed by atoms with Crippen LogP contribution in [0.1, 0.15) is 40.0 Å². The number of allylic oxidation sites excluding steroid dienone is 1. The average molecular weight is 156 g/mol. The molecule has 11 heavy (non-hydrogen) atoms. The van der Waals surface area contributed by atoms with Crippen LogP contribution in [0.3, 0.4) is 0 Å². The van der Waals surface area contributed by atoms with E-state index in [0.29, 0.717) is 5.92 Å². The monoisotopic (exact) mass is 156 g/mol. The Morgan fingerprint density at radius 1 is 1.45 bits per heavy atom. The molecule has 0 radical (unpaired) electrons. The highest BCUT2D eigenvalue weighted by molar-refractivity contribution is 5.01. The zero-order valence-corrected chi connectivity index (χ0v) is 7.93. The van der Waals surface area contributed by atoms with E-state index < -0.39 is 0 Å². The van der Waals surface area contributed by atoms with E-state index in [1.807, 2.05) is 0 Å². The van der Waals surface area contributed by atoms with E-state index in [1.54, 1.807) is 0 Å². The van der Waals surface area contributed by atoms with Crippen LogP contribution in [0.15, 0.2) is 11.6 Å². The van der Waals surface area contributed by atoms with Crippen LogP contribution >= 0.6 is 0 Å². The van der Waals surface area contributed by atoms with Crippen molar-refractivity contribution in [2.45, 2.75) is 40.0 Å². The van der Waals surface area contributed by atoms with Gasteiger partial charge in [0.1, 0.15) is 0 Å². The molecule has 0 amide bonds. The Morgan fingerprint density at radius 3 is 2.45 bits per heavy atom. The number of rotatable bonds is 5. The summed E-state index contributed by atoms with van der Waals surface area (Å²) in [7, 11) is 0. The van der Waals surface area contributed by atoms with Crippen molar-refractivity contribution < 1.29 is 5.11 Å². The first kappa shape index (κ1) is 10.7. The number of hydrogen-bond donors (Lipinski definition) is 1. The summed E-state index contributed by atoms with van der Waals surface area (Å²) in [5, 5.41) is 8.90. The quantitative estimate of drug-likeness (QED) is 0.607. The minimum Gasteiger partial charge on any atom is -0.392 e. The third kappa shape index (κ3) is 6.11. The van der Waals surface area contributed by atoms with Gasteiger partial charge in [-0.1, -0.05) is 33.3 Å². The van der Waals surface area contributed by atoms with E-state index in [1.165, 1.54) is 5.57 Å². The van der Waals surface area contributed by atoms with Gasteiger partial charge in [0.25, 0.3) is 0 Å². The van der Waals surface area contributed by atoms with Crippen molar-refractivity contribution >= 4 is 0 Å². The van der Waals surface area contributed by atoms with Crippen LogP contribution in [0, 0.1) is 5.92 Å². The molecule has 0 bridgehead atoms. The fraction of sp³-hybridized carbons (Fsp3) is 0.800. The SMILES string of the molecule is CCCC(=CCC(C)C)CO. The highest BCUT2D eigenvalue weighted by Gasteiger charge is 1.94. The maximum atomic E-state index is 8.90. The minimum absolute atomic E-state index is 0.237. The van der Waals surface area contributed by atoms with E-state index in [-0.39, 0.29) is 6.61 Å². The summed E-state index contributed by atoms with van der Waals surface area (Å²) < 4.78 is 0. The predicted molar refractivity (Wildman–Crippen MR) is 49.5 cm³/mol. The average Bonchev–Trinajstić information content (AvgIpc) is 1.97. The summed E-state index contributed by atoms with van der Waals surface area (Å²) in [6.45, 7) is 6.76. The van der Waals surface area contributed by atoms with E-state index in [2.05, 4.69) is 26.8 Å². The van der Waals surface area contributed by atoms with Gasteiger partial charge in [-0.2, -0.15) is 0 Å². The Bertz CT molecular complexity index is 114. The van der Waals surface area contributed by atoms with Gasteiger partial charge in [-0.3, -0.25) is 0 Å². The summed E-state index contributed by atoms with van der Waals surface area (Å²) in [4.78, 5) is 0. The predicted octanol–water partition coefficient (Wildman–Crippen LogP) is 2.75. The van der Waals surface area contributed by atoms with Gasteiger partial charge in [-0.25, -0.2) is 0 Å². The summed E-state index contributed by atoms with van der Waals surface area (Å²) in [6.07, 6.45) is 5.44. The zero-order chi connectivity index (χ0) is 8.69. The van der Waals surface area contributed by atoms with Crippen molar-refractivity contribution in [1.82, 2.24) is 0 Å². The van der Waals surface area contributed by atoms with E-state index >= 15 is 0 Å². The molecule has 1 heteroatoms. The topological polar surface area (TPSA) is 20.2 Å². The normalized spacial score (nSPS) is 12.6. The van der Waals surface area contributed by atoms with Crippen molar-refractivity contribution in [1.29, 1.82) is 0 Å². The summed E-state index contributed by atoms with van der Waals surface area (Å²) in [5.41, 5.74) is 1.20. The first-order chi connectivity index (χ1) is 5.20. The van der Waals surface area contributed by atoms with E-state index in [4.69, 9.17) is 5.11 Å². The molecule has 0 fully saturated rings. The Labute approximate surface area is 70.1 Å². The van der Waals surface area contributed by atoms with Gasteiger partial charge in [-0.05, 0) is 24.3 Å². The summed E-state index contributed by atoms with van der Waals surface area (Å²) in [6, 6.07) is 0. The lowest BCUT2D eigenvalue weighted by Crippen LogP contribution is -1.92. The lowest BCUT2D eigenvalue weighted by atomic mass is 10.1. The molecule has 1 N–H and O–H groups in total. The smallest absolute Gasteiger partial charge is 0.0641 e. The molecular weight excluding hydrogens is 136 g/mol. The number of hydrogen-bond acceptors (Lipinski definition) is 1. The molecule has 0 unspecified atom stereocenters. The molecular formula is C10H20O. The van der Waals surface area contributed by atoms with Gasteiger partial charge in [0.05, 0.1) is 6.61 Å². The molecule has 0 heterocycles. The summed E-state index contributed by atoms with van der Waals surface area (Å²) >= 11 is 0. The molecule has 0 atom stereocenters. The first-order valence-corrected chi connectivity index (χ1v) is 4.49. The van der Waals surface area contributed by atoms with Crippen LogP contribution < -0.4 is 0 Å². The van der Waals surface area contributed by atoms with E-state index in [0.717, 1.165) is 19.3 Å². The van der Waals surface area contributed by atoms with Gasteiger partial charge >= 0.3 is 0 Å². The molecule has 1 nitrogen and oxygen atoms in total. The number of aliphatic hydroxyl groups is 1. The molecule has 0 aliphatic heterocycles. The van der Waals surface area contributed by atoms with Crippen LogP contribution in [0.25, 0.3) is 0 Å². The van der Waals surface area contributed by atoms with Crippen molar-refractivity contribution in [3.63, 3.8) is 0 Å². The van der Waals surface area contributed by atoms with Gasteiger partial charge in [0, 0.05) is 0 Å². The second-order valence-corrected chi connectivity index (χ2v) is 3.40. The Balaban J connectivity index is 3.70. The fourth-order valence-corrected chi connectivity index (χ4v) is 0.969. The molecule has 66 valence electrons. The van der Waals surface area contributed by atoms with Crippen molar-refractivity contribution in [2.75, 3.05) is 6.61 Å². The van der Waals surface area contributed by atoms with Crippen LogP contribution in [0.5, 0.6) is 0 Å². The van der Waals surface area contributed by atoms with Crippen LogP contribution in [-0.2, 0) is 0 Å². The van der Waals surface area contributed by atoms with Crippen LogP contribution in [-0.4, -0.2) is 11.7 Å². The molecule has 0 saturated heterocycles. The lowest BCUT2D eigenvalue weighted by Gasteiger charge is -2.03. The molecule has 0 aliphatic rings. The highest BCUT2D eigenvalue weighted by atomic mass is 16.3. The second-order valence-electron chi connectivity index (χ2n) is 3.40. The zero-order valence-electron chi connectivity index (χ0n) is 7.93. The molecule has 0 spiro atoms. The molecule has 0 saturated carbocycles. The van der Waals surface area contributed by atoms with Crippen molar-refractivity contribution in [3.05, 3.63) is 11.6 Å². The van der Waals surface area contributed by atoms with Gasteiger partial charge in [0.15, 0.2) is 0 Å². The lowest BCUT2D eigenvalue weighted by molar-refractivity contribution is 0.325. The molecule has 0 rings (SSSR count). The minimum atomic E-state index is 0.237. The molecule has 0 aromatic carbocycles. The maximum Gasteiger partial charge on any atom is 0.0641 e. The largest absolute Gasteiger partial charge is 0.392 e. The summed E-state index contributed by atoms with van der Waals surface area (Å²) in [5.74, 6) is 0.702. The van der Waals surface area contributed by atoms with Gasteiger partial charge in [0.2, 0.25) is 0 Å². The third-order valence-electron chi connectivity index (χ3n) is 1.65. The van der Waals surface area contributed by atoms with Gasteiger partial charge in [-0.15, -0.1) is 0 Å². The fourth-order valence-electron chi connectivity index (χ4n) is 0.969.